The number of anilines is 2. The summed E-state index contributed by atoms with van der Waals surface area (Å²) >= 11 is 1.68. The first-order valence-corrected chi connectivity index (χ1v) is 9.74. The van der Waals surface area contributed by atoms with Crippen molar-refractivity contribution in [1.82, 2.24) is 9.88 Å². The number of aryl methyl sites for hydroxylation is 1. The van der Waals surface area contributed by atoms with Crippen molar-refractivity contribution < 1.29 is 4.79 Å². The van der Waals surface area contributed by atoms with Gasteiger partial charge in [0.05, 0.1) is 5.69 Å². The normalized spacial score (nSPS) is 15.4. The fourth-order valence-corrected chi connectivity index (χ4v) is 3.81. The summed E-state index contributed by atoms with van der Waals surface area (Å²) in [5.74, 6) is 0.496. The van der Waals surface area contributed by atoms with Crippen molar-refractivity contribution in [2.75, 3.05) is 36.4 Å². The van der Waals surface area contributed by atoms with Gasteiger partial charge in [0.25, 0.3) is 0 Å². The number of nitrogens with zero attached hydrogens (tertiary/aromatic N) is 3. The van der Waals surface area contributed by atoms with Crippen LogP contribution in [0.25, 0.3) is 0 Å². The van der Waals surface area contributed by atoms with Crippen LogP contribution in [0, 0.1) is 6.92 Å². The molecule has 1 aromatic carbocycles. The number of hydrogen-bond acceptors (Lipinski definition) is 4. The zero-order valence-corrected chi connectivity index (χ0v) is 16.0. The Kier molecular flexibility index (Phi) is 5.58. The average Bonchev–Trinajstić information content (AvgIpc) is 2.88. The lowest BCUT2D eigenvalue weighted by Gasteiger charge is -2.22. The molecule has 0 unspecified atom stereocenters. The fourth-order valence-electron chi connectivity index (χ4n) is 2.95. The van der Waals surface area contributed by atoms with E-state index in [1.165, 1.54) is 5.56 Å². The molecular formula is C19H26N4OS. The smallest absolute Gasteiger partial charge is 0.321 e. The van der Waals surface area contributed by atoms with E-state index in [-0.39, 0.29) is 6.03 Å². The highest BCUT2D eigenvalue weighted by Crippen LogP contribution is 2.22. The summed E-state index contributed by atoms with van der Waals surface area (Å²) in [4.78, 5) is 21.3. The molecule has 1 aliphatic rings. The zero-order chi connectivity index (χ0) is 17.8. The van der Waals surface area contributed by atoms with Gasteiger partial charge in [0, 0.05) is 37.2 Å². The molecule has 1 aliphatic heterocycles. The van der Waals surface area contributed by atoms with Gasteiger partial charge < -0.3 is 15.1 Å². The number of thiazole rings is 1. The minimum Gasteiger partial charge on any atom is -0.346 e. The van der Waals surface area contributed by atoms with Crippen molar-refractivity contribution in [2.45, 2.75) is 33.1 Å². The molecule has 1 aromatic heterocycles. The van der Waals surface area contributed by atoms with E-state index < -0.39 is 0 Å². The Hall–Kier alpha value is -2.08. The average molecular weight is 359 g/mol. The van der Waals surface area contributed by atoms with Gasteiger partial charge in [-0.25, -0.2) is 9.78 Å². The summed E-state index contributed by atoms with van der Waals surface area (Å²) in [5.41, 5.74) is 3.19. The van der Waals surface area contributed by atoms with Crippen LogP contribution in [0.4, 0.5) is 15.6 Å². The molecular weight excluding hydrogens is 332 g/mol. The molecule has 2 heterocycles. The second-order valence-corrected chi connectivity index (χ2v) is 7.64. The fraction of sp³-hybridized carbons (Fsp3) is 0.474. The molecule has 134 valence electrons. The van der Waals surface area contributed by atoms with Gasteiger partial charge in [-0.3, -0.25) is 0 Å². The second kappa shape index (κ2) is 7.87. The molecule has 0 spiro atoms. The minimum atomic E-state index is -0.0190. The summed E-state index contributed by atoms with van der Waals surface area (Å²) in [6.45, 7) is 9.61. The molecule has 5 nitrogen and oxygen atoms in total. The molecule has 0 atom stereocenters. The van der Waals surface area contributed by atoms with Crippen molar-refractivity contribution in [3.8, 4) is 0 Å². The van der Waals surface area contributed by atoms with E-state index in [9.17, 15) is 4.79 Å². The topological polar surface area (TPSA) is 48.5 Å². The Balaban J connectivity index is 1.57. The molecule has 6 heteroatoms. The van der Waals surface area contributed by atoms with Gasteiger partial charge in [-0.15, -0.1) is 11.3 Å². The summed E-state index contributed by atoms with van der Waals surface area (Å²) < 4.78 is 0. The molecule has 0 aliphatic carbocycles. The predicted molar refractivity (Wildman–Crippen MR) is 105 cm³/mol. The van der Waals surface area contributed by atoms with Crippen LogP contribution in [0.15, 0.2) is 29.6 Å². The third-order valence-corrected chi connectivity index (χ3v) is 5.51. The van der Waals surface area contributed by atoms with E-state index in [0.717, 1.165) is 42.6 Å². The molecule has 25 heavy (non-hydrogen) atoms. The number of amides is 2. The van der Waals surface area contributed by atoms with Crippen LogP contribution in [0.5, 0.6) is 0 Å². The molecule has 3 rings (SSSR count). The standard InChI is InChI=1S/C19H26N4OS/c1-14(2)16-5-7-17(8-6-16)21-18(24)22-9-4-10-23(12-11-22)19-20-15(3)13-25-19/h5-8,13-14H,4,9-12H2,1-3H3,(H,21,24). The Bertz CT molecular complexity index is 710. The van der Waals surface area contributed by atoms with Crippen LogP contribution < -0.4 is 10.2 Å². The number of aromatic nitrogens is 1. The van der Waals surface area contributed by atoms with Crippen LogP contribution in [0.2, 0.25) is 0 Å². The molecule has 2 amide bonds. The Morgan fingerprint density at radius 2 is 1.92 bits per heavy atom. The van der Waals surface area contributed by atoms with Gasteiger partial charge >= 0.3 is 6.03 Å². The maximum atomic E-state index is 12.6. The van der Waals surface area contributed by atoms with E-state index in [0.29, 0.717) is 12.5 Å². The SMILES string of the molecule is Cc1csc(N2CCCN(C(=O)Nc3ccc(C(C)C)cc3)CC2)n1. The Morgan fingerprint density at radius 1 is 1.16 bits per heavy atom. The van der Waals surface area contributed by atoms with Crippen LogP contribution in [0.1, 0.15) is 37.4 Å². The number of benzene rings is 1. The maximum Gasteiger partial charge on any atom is 0.321 e. The van der Waals surface area contributed by atoms with Gasteiger partial charge in [0.15, 0.2) is 5.13 Å². The van der Waals surface area contributed by atoms with E-state index in [1.54, 1.807) is 11.3 Å². The highest BCUT2D eigenvalue weighted by molar-refractivity contribution is 7.13. The third kappa shape index (κ3) is 4.51. The summed E-state index contributed by atoms with van der Waals surface area (Å²) in [7, 11) is 0. The summed E-state index contributed by atoms with van der Waals surface area (Å²) in [5, 5.41) is 6.15. The number of carbonyl (C=O) groups excluding carboxylic acids is 1. The Morgan fingerprint density at radius 3 is 2.56 bits per heavy atom. The molecule has 0 saturated carbocycles. The minimum absolute atomic E-state index is 0.0190. The molecule has 1 N–H and O–H groups in total. The lowest BCUT2D eigenvalue weighted by Crippen LogP contribution is -2.38. The quantitative estimate of drug-likeness (QED) is 0.889. The monoisotopic (exact) mass is 358 g/mol. The molecule has 0 bridgehead atoms. The van der Waals surface area contributed by atoms with Gasteiger partial charge in [-0.2, -0.15) is 0 Å². The second-order valence-electron chi connectivity index (χ2n) is 6.81. The molecule has 2 aromatic rings. The van der Waals surface area contributed by atoms with Crippen molar-refractivity contribution in [3.05, 3.63) is 40.9 Å². The number of urea groups is 1. The Labute approximate surface area is 153 Å². The number of nitrogens with one attached hydrogen (secondary N) is 1. The highest BCUT2D eigenvalue weighted by atomic mass is 32.1. The number of rotatable bonds is 3. The lowest BCUT2D eigenvalue weighted by atomic mass is 10.0. The van der Waals surface area contributed by atoms with Gasteiger partial charge in [-0.05, 0) is 37.0 Å². The van der Waals surface area contributed by atoms with Gasteiger partial charge in [0.1, 0.15) is 0 Å². The van der Waals surface area contributed by atoms with E-state index >= 15 is 0 Å². The number of carbonyl (C=O) groups is 1. The van der Waals surface area contributed by atoms with Crippen molar-refractivity contribution >= 4 is 28.2 Å². The third-order valence-electron chi connectivity index (χ3n) is 4.49. The van der Waals surface area contributed by atoms with Crippen LogP contribution in [-0.2, 0) is 0 Å². The van der Waals surface area contributed by atoms with Crippen molar-refractivity contribution in [2.24, 2.45) is 0 Å². The molecule has 1 saturated heterocycles. The van der Waals surface area contributed by atoms with Gasteiger partial charge in [-0.1, -0.05) is 26.0 Å². The molecule has 1 fully saturated rings. The number of hydrogen-bond donors (Lipinski definition) is 1. The highest BCUT2D eigenvalue weighted by Gasteiger charge is 2.20. The van der Waals surface area contributed by atoms with Crippen LogP contribution in [0.3, 0.4) is 0 Å². The first kappa shape index (κ1) is 17.7. The van der Waals surface area contributed by atoms with E-state index in [2.05, 4.69) is 46.6 Å². The molecule has 0 radical (unpaired) electrons. The first-order valence-electron chi connectivity index (χ1n) is 8.86. The van der Waals surface area contributed by atoms with Crippen LogP contribution >= 0.6 is 11.3 Å². The van der Waals surface area contributed by atoms with Crippen molar-refractivity contribution in [3.63, 3.8) is 0 Å². The van der Waals surface area contributed by atoms with Crippen LogP contribution in [-0.4, -0.2) is 42.1 Å². The predicted octanol–water partition coefficient (Wildman–Crippen LogP) is 4.32. The van der Waals surface area contributed by atoms with Crippen molar-refractivity contribution in [1.29, 1.82) is 0 Å². The van der Waals surface area contributed by atoms with E-state index in [1.807, 2.05) is 24.0 Å². The summed E-state index contributed by atoms with van der Waals surface area (Å²) in [6, 6.07) is 8.10. The van der Waals surface area contributed by atoms with Gasteiger partial charge in [0.2, 0.25) is 0 Å². The van der Waals surface area contributed by atoms with E-state index in [4.69, 9.17) is 0 Å². The summed E-state index contributed by atoms with van der Waals surface area (Å²) in [6.07, 6.45) is 0.957. The first-order chi connectivity index (χ1) is 12.0. The zero-order valence-electron chi connectivity index (χ0n) is 15.2. The largest absolute Gasteiger partial charge is 0.346 e. The maximum absolute atomic E-state index is 12.6. The lowest BCUT2D eigenvalue weighted by molar-refractivity contribution is 0.215.